The molecule has 0 radical (unpaired) electrons. The minimum atomic E-state index is -0.693. The molecular formula is C14H18BrNO2. The number of carboxylic acids is 1. The molecule has 0 bridgehead atoms. The van der Waals surface area contributed by atoms with Crippen LogP contribution in [0.4, 0.5) is 5.69 Å². The van der Waals surface area contributed by atoms with E-state index in [9.17, 15) is 9.90 Å². The van der Waals surface area contributed by atoms with Crippen molar-refractivity contribution in [3.8, 4) is 0 Å². The summed E-state index contributed by atoms with van der Waals surface area (Å²) in [4.78, 5) is 13.5. The molecule has 1 N–H and O–H groups in total. The number of carboxylic acid groups (broad SMARTS) is 1. The Labute approximate surface area is 116 Å². The topological polar surface area (TPSA) is 40.5 Å². The molecule has 1 aliphatic rings. The molecule has 1 aromatic carbocycles. The lowest BCUT2D eigenvalue weighted by Gasteiger charge is -2.42. The van der Waals surface area contributed by atoms with Gasteiger partial charge < -0.3 is 10.0 Å². The van der Waals surface area contributed by atoms with Crippen LogP contribution in [0.2, 0.25) is 0 Å². The Balaban J connectivity index is 2.18. The number of piperidine rings is 1. The summed E-state index contributed by atoms with van der Waals surface area (Å²) in [5, 5.41) is 9.35. The first-order valence-corrected chi connectivity index (χ1v) is 6.93. The molecule has 1 heterocycles. The van der Waals surface area contributed by atoms with Crippen LogP contribution in [0.25, 0.3) is 0 Å². The van der Waals surface area contributed by atoms with Crippen LogP contribution in [0.1, 0.15) is 20.3 Å². The van der Waals surface area contributed by atoms with Gasteiger partial charge in [-0.05, 0) is 36.1 Å². The average molecular weight is 312 g/mol. The van der Waals surface area contributed by atoms with Gasteiger partial charge in [0, 0.05) is 23.2 Å². The molecule has 1 aromatic rings. The second-order valence-corrected chi connectivity index (χ2v) is 6.47. The van der Waals surface area contributed by atoms with E-state index in [1.54, 1.807) is 0 Å². The molecule has 1 fully saturated rings. The molecule has 0 aromatic heterocycles. The van der Waals surface area contributed by atoms with Gasteiger partial charge in [0.1, 0.15) is 0 Å². The molecule has 0 saturated carbocycles. The molecule has 0 amide bonds. The lowest BCUT2D eigenvalue weighted by atomic mass is 9.73. The molecule has 4 heteroatoms. The van der Waals surface area contributed by atoms with E-state index >= 15 is 0 Å². The van der Waals surface area contributed by atoms with Gasteiger partial charge in [0.15, 0.2) is 0 Å². The van der Waals surface area contributed by atoms with Crippen molar-refractivity contribution < 1.29 is 9.90 Å². The maximum Gasteiger partial charge on any atom is 0.308 e. The van der Waals surface area contributed by atoms with Crippen LogP contribution < -0.4 is 4.90 Å². The third-order valence-corrected chi connectivity index (χ3v) is 4.39. The van der Waals surface area contributed by atoms with Crippen molar-refractivity contribution in [1.29, 1.82) is 0 Å². The summed E-state index contributed by atoms with van der Waals surface area (Å²) in [6, 6.07) is 8.04. The van der Waals surface area contributed by atoms with E-state index in [2.05, 4.69) is 20.8 Å². The number of carbonyl (C=O) groups is 1. The van der Waals surface area contributed by atoms with Crippen molar-refractivity contribution in [2.75, 3.05) is 18.0 Å². The Hall–Kier alpha value is -1.03. The van der Waals surface area contributed by atoms with E-state index in [1.165, 1.54) is 0 Å². The molecule has 3 nitrogen and oxygen atoms in total. The predicted molar refractivity (Wildman–Crippen MR) is 75.9 cm³/mol. The lowest BCUT2D eigenvalue weighted by Crippen LogP contribution is -2.48. The van der Waals surface area contributed by atoms with E-state index < -0.39 is 5.97 Å². The van der Waals surface area contributed by atoms with Gasteiger partial charge >= 0.3 is 5.97 Å². The summed E-state index contributed by atoms with van der Waals surface area (Å²) in [6.07, 6.45) is 0.903. The maximum atomic E-state index is 11.4. The van der Waals surface area contributed by atoms with Crippen LogP contribution in [-0.4, -0.2) is 24.2 Å². The molecule has 1 saturated heterocycles. The van der Waals surface area contributed by atoms with Crippen LogP contribution in [0.3, 0.4) is 0 Å². The predicted octanol–water partition coefficient (Wildman–Crippen LogP) is 3.39. The van der Waals surface area contributed by atoms with Crippen molar-refractivity contribution >= 4 is 27.6 Å². The molecule has 18 heavy (non-hydrogen) atoms. The van der Waals surface area contributed by atoms with Crippen LogP contribution >= 0.6 is 15.9 Å². The summed E-state index contributed by atoms with van der Waals surface area (Å²) in [7, 11) is 0. The highest BCUT2D eigenvalue weighted by molar-refractivity contribution is 9.10. The van der Waals surface area contributed by atoms with Crippen LogP contribution in [0.15, 0.2) is 28.7 Å². The van der Waals surface area contributed by atoms with Crippen molar-refractivity contribution in [1.82, 2.24) is 0 Å². The number of benzene rings is 1. The fraction of sp³-hybridized carbons (Fsp3) is 0.500. The van der Waals surface area contributed by atoms with Crippen molar-refractivity contribution in [3.05, 3.63) is 28.7 Å². The molecule has 0 aliphatic carbocycles. The van der Waals surface area contributed by atoms with E-state index in [1.807, 2.05) is 38.1 Å². The molecule has 0 spiro atoms. The molecule has 98 valence electrons. The van der Waals surface area contributed by atoms with Gasteiger partial charge in [-0.1, -0.05) is 29.8 Å². The first-order valence-electron chi connectivity index (χ1n) is 6.13. The zero-order valence-electron chi connectivity index (χ0n) is 10.7. The first kappa shape index (κ1) is 13.4. The summed E-state index contributed by atoms with van der Waals surface area (Å²) in [5.74, 6) is -1.00. The Morgan fingerprint density at radius 3 is 2.56 bits per heavy atom. The van der Waals surface area contributed by atoms with Gasteiger partial charge in [0.2, 0.25) is 0 Å². The van der Waals surface area contributed by atoms with Crippen molar-refractivity contribution in [3.63, 3.8) is 0 Å². The van der Waals surface area contributed by atoms with Crippen molar-refractivity contribution in [2.24, 2.45) is 11.3 Å². The second kappa shape index (κ2) is 4.92. The smallest absolute Gasteiger partial charge is 0.308 e. The molecule has 1 unspecified atom stereocenters. The summed E-state index contributed by atoms with van der Waals surface area (Å²) < 4.78 is 1.04. The highest BCUT2D eigenvalue weighted by atomic mass is 79.9. The van der Waals surface area contributed by atoms with Gasteiger partial charge in [-0.15, -0.1) is 0 Å². The normalized spacial score (nSPS) is 22.8. The summed E-state index contributed by atoms with van der Waals surface area (Å²) in [5.41, 5.74) is 0.970. The largest absolute Gasteiger partial charge is 0.481 e. The summed E-state index contributed by atoms with van der Waals surface area (Å²) in [6.45, 7) is 5.60. The summed E-state index contributed by atoms with van der Waals surface area (Å²) >= 11 is 3.41. The SMILES string of the molecule is CC1(C)CCN(c2ccc(Br)cc2)CC1C(=O)O. The Morgan fingerprint density at radius 2 is 2.00 bits per heavy atom. The molecular weight excluding hydrogens is 294 g/mol. The number of hydrogen-bond donors (Lipinski definition) is 1. The molecule has 1 aliphatic heterocycles. The quantitative estimate of drug-likeness (QED) is 0.910. The standard InChI is InChI=1S/C14H18BrNO2/c1-14(2)7-8-16(9-12(14)13(17)18)11-5-3-10(15)4-6-11/h3-6,12H,7-9H2,1-2H3,(H,17,18). The van der Waals surface area contributed by atoms with Crippen LogP contribution in [0, 0.1) is 11.3 Å². The number of rotatable bonds is 2. The monoisotopic (exact) mass is 311 g/mol. The number of nitrogens with zero attached hydrogens (tertiary/aromatic N) is 1. The molecule has 2 rings (SSSR count). The fourth-order valence-electron chi connectivity index (χ4n) is 2.45. The Kier molecular flexibility index (Phi) is 3.66. The van der Waals surface area contributed by atoms with E-state index in [4.69, 9.17) is 0 Å². The van der Waals surface area contributed by atoms with E-state index in [-0.39, 0.29) is 11.3 Å². The fourth-order valence-corrected chi connectivity index (χ4v) is 2.72. The zero-order valence-corrected chi connectivity index (χ0v) is 12.3. The minimum Gasteiger partial charge on any atom is -0.481 e. The van der Waals surface area contributed by atoms with Crippen molar-refractivity contribution in [2.45, 2.75) is 20.3 Å². The number of hydrogen-bond acceptors (Lipinski definition) is 2. The van der Waals surface area contributed by atoms with Gasteiger partial charge in [0.25, 0.3) is 0 Å². The van der Waals surface area contributed by atoms with Gasteiger partial charge in [-0.3, -0.25) is 4.79 Å². The average Bonchev–Trinajstić information content (AvgIpc) is 2.29. The Bertz CT molecular complexity index is 442. The second-order valence-electron chi connectivity index (χ2n) is 5.55. The van der Waals surface area contributed by atoms with E-state index in [0.717, 1.165) is 23.1 Å². The molecule has 1 atom stereocenters. The van der Waals surface area contributed by atoms with Gasteiger partial charge in [0.05, 0.1) is 5.92 Å². The van der Waals surface area contributed by atoms with Crippen LogP contribution in [0.5, 0.6) is 0 Å². The number of aliphatic carboxylic acids is 1. The minimum absolute atomic E-state index is 0.127. The third kappa shape index (κ3) is 2.69. The highest BCUT2D eigenvalue weighted by Crippen LogP contribution is 2.37. The van der Waals surface area contributed by atoms with E-state index in [0.29, 0.717) is 6.54 Å². The maximum absolute atomic E-state index is 11.4. The third-order valence-electron chi connectivity index (χ3n) is 3.86. The Morgan fingerprint density at radius 1 is 1.39 bits per heavy atom. The zero-order chi connectivity index (χ0) is 13.3. The number of anilines is 1. The first-order chi connectivity index (χ1) is 8.40. The highest BCUT2D eigenvalue weighted by Gasteiger charge is 2.40. The number of halogens is 1. The van der Waals surface area contributed by atoms with Gasteiger partial charge in [-0.25, -0.2) is 0 Å². The van der Waals surface area contributed by atoms with Gasteiger partial charge in [-0.2, -0.15) is 0 Å². The van der Waals surface area contributed by atoms with Crippen LogP contribution in [-0.2, 0) is 4.79 Å². The lowest BCUT2D eigenvalue weighted by molar-refractivity contribution is -0.146.